The number of nitro groups is 1. The summed E-state index contributed by atoms with van der Waals surface area (Å²) in [5.74, 6) is -2.60. The molecule has 1 N–H and O–H groups in total. The molecule has 2 atom stereocenters. The lowest BCUT2D eigenvalue weighted by atomic mass is 9.81. The molecule has 2 aliphatic rings. The molecule has 1 heterocycles. The molecule has 1 aliphatic heterocycles. The van der Waals surface area contributed by atoms with E-state index in [1.807, 2.05) is 0 Å². The van der Waals surface area contributed by atoms with Crippen LogP contribution in [0.3, 0.4) is 0 Å². The summed E-state index contributed by atoms with van der Waals surface area (Å²) in [5, 5.41) is 13.5. The molecule has 10 nitrogen and oxygen atoms in total. The summed E-state index contributed by atoms with van der Waals surface area (Å²) in [4.78, 5) is 60.1. The van der Waals surface area contributed by atoms with E-state index in [1.165, 1.54) is 12.1 Å². The molecule has 1 saturated heterocycles. The third-order valence-electron chi connectivity index (χ3n) is 5.27. The van der Waals surface area contributed by atoms with Crippen molar-refractivity contribution in [2.45, 2.75) is 32.1 Å². The molecule has 30 heavy (non-hydrogen) atoms. The van der Waals surface area contributed by atoms with Crippen molar-refractivity contribution in [2.24, 2.45) is 11.8 Å². The SMILES string of the molecule is O=C(COC(=O)CCN1C(=O)[C@@H]2CCCC[C@H]2C1=O)Nc1ccc(Cl)cc1[N+](=O)[O-]. The zero-order valence-corrected chi connectivity index (χ0v) is 16.7. The second-order valence-electron chi connectivity index (χ2n) is 7.20. The van der Waals surface area contributed by atoms with Crippen molar-refractivity contribution in [3.05, 3.63) is 33.3 Å². The van der Waals surface area contributed by atoms with Crippen molar-refractivity contribution < 1.29 is 28.8 Å². The number of amides is 3. The maximum atomic E-state index is 12.4. The van der Waals surface area contributed by atoms with Gasteiger partial charge in [-0.05, 0) is 25.0 Å². The van der Waals surface area contributed by atoms with Crippen LogP contribution in [-0.2, 0) is 23.9 Å². The number of carbonyl (C=O) groups excluding carboxylic acids is 4. The molecule has 1 aliphatic carbocycles. The molecule has 0 spiro atoms. The van der Waals surface area contributed by atoms with E-state index in [-0.39, 0.29) is 47.3 Å². The molecule has 1 aromatic carbocycles. The minimum atomic E-state index is -0.770. The fourth-order valence-corrected chi connectivity index (χ4v) is 3.99. The van der Waals surface area contributed by atoms with Crippen molar-refractivity contribution >= 4 is 46.7 Å². The van der Waals surface area contributed by atoms with Crippen LogP contribution in [0.5, 0.6) is 0 Å². The lowest BCUT2D eigenvalue weighted by molar-refractivity contribution is -0.383. The van der Waals surface area contributed by atoms with Crippen molar-refractivity contribution in [1.29, 1.82) is 0 Å². The van der Waals surface area contributed by atoms with E-state index in [2.05, 4.69) is 5.32 Å². The molecular formula is C19H20ClN3O7. The molecule has 3 amide bonds. The maximum Gasteiger partial charge on any atom is 0.308 e. The molecule has 1 aromatic rings. The van der Waals surface area contributed by atoms with Crippen LogP contribution in [0, 0.1) is 22.0 Å². The Balaban J connectivity index is 1.47. The van der Waals surface area contributed by atoms with Crippen LogP contribution in [0.15, 0.2) is 18.2 Å². The Hall–Kier alpha value is -3.01. The predicted octanol–water partition coefficient (Wildman–Crippen LogP) is 2.30. The highest BCUT2D eigenvalue weighted by atomic mass is 35.5. The number of hydrogen-bond donors (Lipinski definition) is 1. The number of benzene rings is 1. The zero-order chi connectivity index (χ0) is 21.8. The van der Waals surface area contributed by atoms with E-state index in [1.54, 1.807) is 0 Å². The predicted molar refractivity (Wildman–Crippen MR) is 104 cm³/mol. The number of anilines is 1. The molecule has 0 unspecified atom stereocenters. The van der Waals surface area contributed by atoms with Gasteiger partial charge in [0.15, 0.2) is 6.61 Å². The van der Waals surface area contributed by atoms with Crippen molar-refractivity contribution in [3.63, 3.8) is 0 Å². The monoisotopic (exact) mass is 437 g/mol. The van der Waals surface area contributed by atoms with Gasteiger partial charge in [0.1, 0.15) is 5.69 Å². The second-order valence-corrected chi connectivity index (χ2v) is 7.64. The summed E-state index contributed by atoms with van der Waals surface area (Å²) < 4.78 is 4.85. The number of esters is 1. The van der Waals surface area contributed by atoms with Gasteiger partial charge < -0.3 is 10.1 Å². The number of rotatable bonds is 7. The van der Waals surface area contributed by atoms with E-state index in [4.69, 9.17) is 16.3 Å². The minimum absolute atomic E-state index is 0.0821. The first-order chi connectivity index (χ1) is 14.3. The average molecular weight is 438 g/mol. The molecule has 3 rings (SSSR count). The molecule has 0 aromatic heterocycles. The van der Waals surface area contributed by atoms with Crippen LogP contribution in [0.2, 0.25) is 5.02 Å². The van der Waals surface area contributed by atoms with E-state index in [9.17, 15) is 29.3 Å². The van der Waals surface area contributed by atoms with Gasteiger partial charge in [0.05, 0.1) is 23.2 Å². The lowest BCUT2D eigenvalue weighted by Crippen LogP contribution is -2.33. The second kappa shape index (κ2) is 9.21. The number of hydrogen-bond acceptors (Lipinski definition) is 7. The van der Waals surface area contributed by atoms with Crippen molar-refractivity contribution in [2.75, 3.05) is 18.5 Å². The van der Waals surface area contributed by atoms with Crippen LogP contribution < -0.4 is 5.32 Å². The average Bonchev–Trinajstić information content (AvgIpc) is 2.96. The van der Waals surface area contributed by atoms with Gasteiger partial charge in [0.2, 0.25) is 11.8 Å². The van der Waals surface area contributed by atoms with E-state index in [0.29, 0.717) is 12.8 Å². The fourth-order valence-electron chi connectivity index (χ4n) is 3.82. The van der Waals surface area contributed by atoms with Gasteiger partial charge >= 0.3 is 5.97 Å². The lowest BCUT2D eigenvalue weighted by Gasteiger charge is -2.19. The summed E-state index contributed by atoms with van der Waals surface area (Å²) in [7, 11) is 0. The van der Waals surface area contributed by atoms with Crippen LogP contribution >= 0.6 is 11.6 Å². The number of imide groups is 1. The molecule has 11 heteroatoms. The first kappa shape index (κ1) is 21.7. The molecule has 2 fully saturated rings. The van der Waals surface area contributed by atoms with Crippen LogP contribution in [0.4, 0.5) is 11.4 Å². The summed E-state index contributed by atoms with van der Waals surface area (Å²) in [6.45, 7) is -0.750. The fraction of sp³-hybridized carbons (Fsp3) is 0.474. The summed E-state index contributed by atoms with van der Waals surface area (Å²) in [5.41, 5.74) is -0.476. The number of ether oxygens (including phenoxy) is 1. The Labute approximate surface area is 176 Å². The minimum Gasteiger partial charge on any atom is -0.456 e. The Kier molecular flexibility index (Phi) is 6.66. The number of fused-ring (bicyclic) bond motifs is 1. The quantitative estimate of drug-likeness (QED) is 0.299. The van der Waals surface area contributed by atoms with Gasteiger partial charge in [-0.1, -0.05) is 24.4 Å². The molecule has 160 valence electrons. The van der Waals surface area contributed by atoms with Gasteiger partial charge in [-0.3, -0.25) is 34.2 Å². The first-order valence-corrected chi connectivity index (χ1v) is 9.90. The maximum absolute atomic E-state index is 12.4. The number of nitrogens with zero attached hydrogens (tertiary/aromatic N) is 2. The highest BCUT2D eigenvalue weighted by Crippen LogP contribution is 2.38. The van der Waals surface area contributed by atoms with Crippen LogP contribution in [0.1, 0.15) is 32.1 Å². The standard InChI is InChI=1S/C19H20ClN3O7/c20-11-5-6-14(15(9-11)23(28)29)21-16(24)10-30-17(25)7-8-22-18(26)12-3-1-2-4-13(12)19(22)27/h5-6,9,12-13H,1-4,7-8,10H2,(H,21,24)/t12-,13-/m1/s1. The molecule has 0 bridgehead atoms. The van der Waals surface area contributed by atoms with Crippen molar-refractivity contribution in [1.82, 2.24) is 4.90 Å². The van der Waals surface area contributed by atoms with E-state index in [0.717, 1.165) is 23.8 Å². The van der Waals surface area contributed by atoms with Gasteiger partial charge in [-0.25, -0.2) is 0 Å². The van der Waals surface area contributed by atoms with Gasteiger partial charge in [0, 0.05) is 17.6 Å². The summed E-state index contributed by atoms with van der Waals surface area (Å²) in [6, 6.07) is 3.73. The van der Waals surface area contributed by atoms with E-state index < -0.39 is 29.1 Å². The first-order valence-electron chi connectivity index (χ1n) is 9.52. The number of nitrogens with one attached hydrogen (secondary N) is 1. The van der Waals surface area contributed by atoms with Gasteiger partial charge in [0.25, 0.3) is 11.6 Å². The highest BCUT2D eigenvalue weighted by Gasteiger charge is 2.47. The Morgan fingerprint density at radius 2 is 1.83 bits per heavy atom. The highest BCUT2D eigenvalue weighted by molar-refractivity contribution is 6.31. The third-order valence-corrected chi connectivity index (χ3v) is 5.50. The number of carbonyl (C=O) groups is 4. The number of halogens is 1. The number of nitro benzene ring substituents is 1. The van der Waals surface area contributed by atoms with Crippen molar-refractivity contribution in [3.8, 4) is 0 Å². The largest absolute Gasteiger partial charge is 0.456 e. The van der Waals surface area contributed by atoms with Gasteiger partial charge in [-0.2, -0.15) is 0 Å². The summed E-state index contributed by atoms with van der Waals surface area (Å²) in [6.07, 6.45) is 2.97. The number of likely N-dealkylation sites (tertiary alicyclic amines) is 1. The molecule has 0 radical (unpaired) electrons. The topological polar surface area (TPSA) is 136 Å². The molecule has 1 saturated carbocycles. The van der Waals surface area contributed by atoms with E-state index >= 15 is 0 Å². The Morgan fingerprint density at radius 1 is 1.20 bits per heavy atom. The normalized spacial score (nSPS) is 20.6. The zero-order valence-electron chi connectivity index (χ0n) is 16.0. The Morgan fingerprint density at radius 3 is 2.43 bits per heavy atom. The molecular weight excluding hydrogens is 418 g/mol. The third kappa shape index (κ3) is 4.76. The smallest absolute Gasteiger partial charge is 0.308 e. The summed E-state index contributed by atoms with van der Waals surface area (Å²) >= 11 is 5.71. The van der Waals surface area contributed by atoms with Crippen LogP contribution in [0.25, 0.3) is 0 Å². The van der Waals surface area contributed by atoms with Gasteiger partial charge in [-0.15, -0.1) is 0 Å². The Bertz CT molecular complexity index is 880. The van der Waals surface area contributed by atoms with Crippen LogP contribution in [-0.4, -0.2) is 46.7 Å².